The molecule has 268 valence electrons. The Balaban J connectivity index is 0. The van der Waals surface area contributed by atoms with Crippen molar-refractivity contribution in [2.24, 2.45) is 22.7 Å². The van der Waals surface area contributed by atoms with Crippen LogP contribution in [0.1, 0.15) is 81.1 Å². The number of aliphatic carboxylic acids is 1. The molecule has 1 aliphatic rings. The topological polar surface area (TPSA) is 190 Å². The van der Waals surface area contributed by atoms with E-state index in [2.05, 4.69) is 4.74 Å². The Kier molecular flexibility index (Phi) is 21.0. The fourth-order valence-electron chi connectivity index (χ4n) is 4.27. The van der Waals surface area contributed by atoms with Crippen LogP contribution in [0.2, 0.25) is 0 Å². The molecule has 14 heteroatoms. The van der Waals surface area contributed by atoms with Gasteiger partial charge in [-0.15, -0.1) is 0 Å². The number of carbonyl (C=O) groups is 6. The van der Waals surface area contributed by atoms with E-state index in [4.69, 9.17) is 24.1 Å². The molecule has 2 amide bonds. The second-order valence-corrected chi connectivity index (χ2v) is 12.6. The lowest BCUT2D eigenvalue weighted by Gasteiger charge is -2.29. The minimum atomic E-state index is -1.07. The molecule has 1 rings (SSSR count). The summed E-state index contributed by atoms with van der Waals surface area (Å²) in [4.78, 5) is 71.0. The highest BCUT2D eigenvalue weighted by molar-refractivity contribution is 5.81. The summed E-state index contributed by atoms with van der Waals surface area (Å²) in [5, 5.41) is 17.0. The molecule has 1 fully saturated rings. The molecule has 0 radical (unpaired) electrons. The molecule has 0 aliphatic carbocycles. The second kappa shape index (κ2) is 21.5. The summed E-state index contributed by atoms with van der Waals surface area (Å²) >= 11 is 0. The molecule has 46 heavy (non-hydrogen) atoms. The molecule has 0 aromatic carbocycles. The van der Waals surface area contributed by atoms with Gasteiger partial charge in [-0.2, -0.15) is 0 Å². The molecule has 1 heterocycles. The highest BCUT2D eigenvalue weighted by Crippen LogP contribution is 2.33. The Morgan fingerprint density at radius 2 is 1.13 bits per heavy atom. The first-order valence-corrected chi connectivity index (χ1v) is 15.5. The first-order valence-electron chi connectivity index (χ1n) is 15.5. The predicted octanol–water partition coefficient (Wildman–Crippen LogP) is 2.53. The van der Waals surface area contributed by atoms with Crippen LogP contribution >= 0.6 is 0 Å². The van der Waals surface area contributed by atoms with Gasteiger partial charge in [0.1, 0.15) is 32.0 Å². The number of aliphatic hydroxyl groups excluding tert-OH is 1. The average molecular weight is 663 g/mol. The average Bonchev–Trinajstić information content (AvgIpc) is 3.80. The molecule has 1 saturated heterocycles. The predicted molar refractivity (Wildman–Crippen MR) is 169 cm³/mol. The van der Waals surface area contributed by atoms with E-state index in [9.17, 15) is 29.1 Å². The van der Waals surface area contributed by atoms with Gasteiger partial charge in [0.2, 0.25) is 11.8 Å². The van der Waals surface area contributed by atoms with Gasteiger partial charge in [-0.05, 0) is 39.5 Å². The van der Waals surface area contributed by atoms with Gasteiger partial charge in [0.05, 0.1) is 17.4 Å². The summed E-state index contributed by atoms with van der Waals surface area (Å²) in [7, 11) is 6.80. The van der Waals surface area contributed by atoms with Crippen molar-refractivity contribution >= 4 is 35.7 Å². The van der Waals surface area contributed by atoms with Gasteiger partial charge in [0.15, 0.2) is 0 Å². The van der Waals surface area contributed by atoms with Gasteiger partial charge in [-0.1, -0.05) is 27.7 Å². The largest absolute Gasteiger partial charge is 0.481 e. The number of rotatable bonds is 16. The minimum absolute atomic E-state index is 0.0398. The number of carboxylic acid groups (broad SMARTS) is 1. The Morgan fingerprint density at radius 1 is 0.783 bits per heavy atom. The van der Waals surface area contributed by atoms with E-state index >= 15 is 0 Å². The summed E-state index contributed by atoms with van der Waals surface area (Å²) in [6, 6.07) is 0. The van der Waals surface area contributed by atoms with Crippen LogP contribution in [-0.2, 0) is 47.7 Å². The van der Waals surface area contributed by atoms with Crippen molar-refractivity contribution in [3.8, 4) is 0 Å². The third-order valence-corrected chi connectivity index (χ3v) is 7.47. The maximum Gasteiger partial charge on any atom is 0.311 e. The summed E-state index contributed by atoms with van der Waals surface area (Å²) in [6.45, 7) is 13.9. The fraction of sp³-hybridized carbons (Fsp3) is 0.812. The lowest BCUT2D eigenvalue weighted by Crippen LogP contribution is -2.37. The number of nitrogens with zero attached hydrogens (tertiary/aromatic N) is 2. The summed E-state index contributed by atoms with van der Waals surface area (Å²) in [5.74, 6) is -2.56. The van der Waals surface area contributed by atoms with Gasteiger partial charge in [0, 0.05) is 53.9 Å². The van der Waals surface area contributed by atoms with Crippen molar-refractivity contribution < 1.29 is 57.9 Å². The number of amides is 2. The van der Waals surface area contributed by atoms with Crippen molar-refractivity contribution in [2.45, 2.75) is 93.3 Å². The van der Waals surface area contributed by atoms with E-state index in [-0.39, 0.29) is 48.9 Å². The minimum Gasteiger partial charge on any atom is -0.481 e. The Labute approximate surface area is 274 Å². The number of hydrogen-bond acceptors (Lipinski definition) is 11. The number of esters is 3. The van der Waals surface area contributed by atoms with Gasteiger partial charge in [0.25, 0.3) is 5.97 Å². The molecular weight excluding hydrogens is 604 g/mol. The Morgan fingerprint density at radius 3 is 1.43 bits per heavy atom. The lowest BCUT2D eigenvalue weighted by molar-refractivity contribution is -0.162. The van der Waals surface area contributed by atoms with Gasteiger partial charge in [-0.25, -0.2) is 0 Å². The van der Waals surface area contributed by atoms with E-state index < -0.39 is 34.8 Å². The van der Waals surface area contributed by atoms with Gasteiger partial charge >= 0.3 is 17.9 Å². The van der Waals surface area contributed by atoms with Crippen molar-refractivity contribution in [1.29, 1.82) is 0 Å². The number of aliphatic hydroxyl groups is 1. The summed E-state index contributed by atoms with van der Waals surface area (Å²) < 4.78 is 20.1. The quantitative estimate of drug-likeness (QED) is 0.140. The number of epoxide rings is 1. The molecule has 6 atom stereocenters. The van der Waals surface area contributed by atoms with Crippen LogP contribution in [0.25, 0.3) is 0 Å². The molecule has 2 N–H and O–H groups in total. The third-order valence-electron chi connectivity index (χ3n) is 7.47. The van der Waals surface area contributed by atoms with Crippen molar-refractivity contribution in [3.05, 3.63) is 0 Å². The first kappa shape index (κ1) is 44.9. The monoisotopic (exact) mass is 662 g/mol. The van der Waals surface area contributed by atoms with Crippen LogP contribution in [0.15, 0.2) is 0 Å². The third kappa shape index (κ3) is 18.6. The number of carbonyl (C=O) groups excluding carboxylic acids is 5. The lowest BCUT2D eigenvalue weighted by atomic mass is 9.79. The first-order chi connectivity index (χ1) is 21.1. The van der Waals surface area contributed by atoms with Crippen LogP contribution < -0.4 is 0 Å². The van der Waals surface area contributed by atoms with Crippen LogP contribution in [0.4, 0.5) is 0 Å². The van der Waals surface area contributed by atoms with Crippen molar-refractivity contribution in [1.82, 2.24) is 9.80 Å². The summed E-state index contributed by atoms with van der Waals surface area (Å²) in [6.07, 6.45) is 1.04. The molecule has 0 bridgehead atoms. The molecule has 6 unspecified atom stereocenters. The second-order valence-electron chi connectivity index (χ2n) is 12.6. The van der Waals surface area contributed by atoms with Crippen molar-refractivity contribution in [3.63, 3.8) is 0 Å². The van der Waals surface area contributed by atoms with E-state index in [0.29, 0.717) is 38.9 Å². The Hall–Kier alpha value is -3.26. The van der Waals surface area contributed by atoms with Crippen LogP contribution in [0.3, 0.4) is 0 Å². The molecular formula is C32H58N2O12. The van der Waals surface area contributed by atoms with Crippen molar-refractivity contribution in [2.75, 3.05) is 54.6 Å². The van der Waals surface area contributed by atoms with E-state index in [1.807, 2.05) is 27.7 Å². The fourth-order valence-corrected chi connectivity index (χ4v) is 4.27. The zero-order valence-electron chi connectivity index (χ0n) is 29.8. The number of ether oxygens (including phenoxy) is 4. The zero-order chi connectivity index (χ0) is 36.4. The molecule has 0 spiro atoms. The standard InChI is InChI=1S/C16H29NO6.C14H25NO4.C2H4O2/c1-7-16(4,8-11(2)14(20)17(5)6)15(21)23-10-13(19)9-22-12(3)18;1-6-14(3,7-10(2)12(16)15(4)5)13(17)19-9-11-8-18-11;1-2(3)4/h11,13,19H,7-10H2,1-6H3;10-11H,6-9H2,1-5H3;1H3,(H,3,4). The van der Waals surface area contributed by atoms with Crippen LogP contribution in [-0.4, -0.2) is 123 Å². The van der Waals surface area contributed by atoms with E-state index in [1.54, 1.807) is 46.9 Å². The molecule has 0 aromatic rings. The molecule has 0 aromatic heterocycles. The maximum absolute atomic E-state index is 12.3. The van der Waals surface area contributed by atoms with Gasteiger partial charge in [-0.3, -0.25) is 28.8 Å². The SMILES string of the molecule is CC(=O)O.CCC(C)(CC(C)C(=O)N(C)C)C(=O)OCC(O)COC(C)=O.CCC(C)(CC(C)C(=O)N(C)C)C(=O)OCC1CO1. The zero-order valence-corrected chi connectivity index (χ0v) is 29.8. The molecule has 0 saturated carbocycles. The van der Waals surface area contributed by atoms with E-state index in [1.165, 1.54) is 11.8 Å². The summed E-state index contributed by atoms with van der Waals surface area (Å²) in [5.41, 5.74) is -1.42. The van der Waals surface area contributed by atoms with Crippen LogP contribution in [0.5, 0.6) is 0 Å². The maximum atomic E-state index is 12.3. The highest BCUT2D eigenvalue weighted by atomic mass is 16.6. The number of carboxylic acids is 1. The van der Waals surface area contributed by atoms with Crippen LogP contribution in [0, 0.1) is 22.7 Å². The van der Waals surface area contributed by atoms with Gasteiger partial charge < -0.3 is 39.0 Å². The molecule has 1 aliphatic heterocycles. The smallest absolute Gasteiger partial charge is 0.311 e. The normalized spacial score (nSPS) is 17.7. The number of hydrogen-bond donors (Lipinski definition) is 2. The molecule has 14 nitrogen and oxygen atoms in total. The highest BCUT2D eigenvalue weighted by Gasteiger charge is 2.38. The Bertz CT molecular complexity index is 994. The van der Waals surface area contributed by atoms with E-state index in [0.717, 1.165) is 6.92 Å².